The average Bonchev–Trinajstić information content (AvgIpc) is 2.61. The van der Waals surface area contributed by atoms with Crippen molar-refractivity contribution in [2.45, 2.75) is 32.9 Å². The van der Waals surface area contributed by atoms with Crippen LogP contribution in [0.5, 0.6) is 11.5 Å². The Morgan fingerprint density at radius 3 is 2.32 bits per heavy atom. The Bertz CT molecular complexity index is 743. The first-order valence-electron chi connectivity index (χ1n) is 8.13. The van der Waals surface area contributed by atoms with Crippen molar-refractivity contribution < 1.29 is 19.1 Å². The van der Waals surface area contributed by atoms with Crippen LogP contribution in [0, 0.1) is 0 Å². The van der Waals surface area contributed by atoms with Gasteiger partial charge in [0.1, 0.15) is 11.5 Å². The molecule has 132 valence electrons. The van der Waals surface area contributed by atoms with E-state index in [9.17, 15) is 9.59 Å². The third kappa shape index (κ3) is 4.83. The van der Waals surface area contributed by atoms with Crippen LogP contribution in [-0.2, 0) is 4.79 Å². The van der Waals surface area contributed by atoms with E-state index < -0.39 is 6.10 Å². The van der Waals surface area contributed by atoms with Crippen molar-refractivity contribution in [1.82, 2.24) is 5.32 Å². The Morgan fingerprint density at radius 2 is 1.72 bits per heavy atom. The van der Waals surface area contributed by atoms with Gasteiger partial charge in [0.2, 0.25) is 0 Å². The van der Waals surface area contributed by atoms with E-state index >= 15 is 0 Å². The van der Waals surface area contributed by atoms with Crippen LogP contribution in [0.2, 0.25) is 0 Å². The van der Waals surface area contributed by atoms with Gasteiger partial charge in [-0.05, 0) is 38.5 Å². The minimum Gasteiger partial charge on any atom is -0.497 e. The van der Waals surface area contributed by atoms with E-state index in [1.54, 1.807) is 25.1 Å². The fourth-order valence-corrected chi connectivity index (χ4v) is 2.42. The first kappa shape index (κ1) is 18.5. The molecule has 5 heteroatoms. The van der Waals surface area contributed by atoms with E-state index in [4.69, 9.17) is 9.47 Å². The lowest BCUT2D eigenvalue weighted by molar-refractivity contribution is -0.127. The quantitative estimate of drug-likeness (QED) is 0.782. The van der Waals surface area contributed by atoms with E-state index in [2.05, 4.69) is 5.32 Å². The van der Waals surface area contributed by atoms with Crippen LogP contribution in [0.3, 0.4) is 0 Å². The van der Waals surface area contributed by atoms with Gasteiger partial charge in [-0.25, -0.2) is 0 Å². The molecule has 0 saturated carbocycles. The zero-order valence-corrected chi connectivity index (χ0v) is 14.9. The smallest absolute Gasteiger partial charge is 0.261 e. The van der Waals surface area contributed by atoms with Gasteiger partial charge in [-0.3, -0.25) is 9.59 Å². The molecule has 0 fully saturated rings. The summed E-state index contributed by atoms with van der Waals surface area (Å²) in [6, 6.07) is 14.5. The molecular weight excluding hydrogens is 318 g/mol. The predicted molar refractivity (Wildman–Crippen MR) is 96.1 cm³/mol. The fraction of sp³-hybridized carbons (Fsp3) is 0.300. The number of ketones is 1. The summed E-state index contributed by atoms with van der Waals surface area (Å²) in [6.45, 7) is 5.01. The topological polar surface area (TPSA) is 64.6 Å². The monoisotopic (exact) mass is 341 g/mol. The van der Waals surface area contributed by atoms with Gasteiger partial charge in [0.25, 0.3) is 5.91 Å². The molecule has 0 radical (unpaired) electrons. The molecule has 1 amide bonds. The second-order valence-electron chi connectivity index (χ2n) is 5.82. The number of amides is 1. The number of methoxy groups -OCH3 is 1. The highest BCUT2D eigenvalue weighted by Crippen LogP contribution is 2.26. The average molecular weight is 341 g/mol. The van der Waals surface area contributed by atoms with Gasteiger partial charge in [-0.1, -0.05) is 30.3 Å². The van der Waals surface area contributed by atoms with Gasteiger partial charge in [-0.15, -0.1) is 0 Å². The highest BCUT2D eigenvalue weighted by Gasteiger charge is 2.20. The zero-order valence-electron chi connectivity index (χ0n) is 14.9. The Hall–Kier alpha value is -2.82. The highest BCUT2D eigenvalue weighted by molar-refractivity contribution is 5.97. The molecule has 25 heavy (non-hydrogen) atoms. The number of Topliss-reactive ketones (excluding diaryl/α,β-unsaturated/α-hetero) is 1. The summed E-state index contributed by atoms with van der Waals surface area (Å²) in [5, 5.41) is 2.91. The van der Waals surface area contributed by atoms with Crippen LogP contribution in [0.15, 0.2) is 48.5 Å². The maximum Gasteiger partial charge on any atom is 0.261 e. The number of ether oxygens (including phenoxy) is 2. The maximum atomic E-state index is 12.4. The normalized spacial score (nSPS) is 12.8. The molecule has 2 rings (SSSR count). The van der Waals surface area contributed by atoms with Crippen molar-refractivity contribution in [2.24, 2.45) is 0 Å². The number of nitrogens with one attached hydrogen (secondary N) is 1. The molecule has 0 aliphatic rings. The molecule has 0 unspecified atom stereocenters. The standard InChI is InChI=1S/C20H23NO4/c1-13(16-8-6-5-7-9-16)21-20(23)15(3)25-19-12-17(24-4)10-11-18(19)14(2)22/h5-13,15H,1-4H3,(H,21,23)/t13-,15+/m1/s1. The molecule has 0 aromatic heterocycles. The number of hydrogen-bond acceptors (Lipinski definition) is 4. The van der Waals surface area contributed by atoms with Gasteiger partial charge in [-0.2, -0.15) is 0 Å². The second-order valence-corrected chi connectivity index (χ2v) is 5.82. The molecule has 0 aliphatic heterocycles. The summed E-state index contributed by atoms with van der Waals surface area (Å²) in [5.41, 5.74) is 1.42. The Kier molecular flexibility index (Phi) is 6.17. The Labute approximate surface area is 148 Å². The number of carbonyl (C=O) groups excluding carboxylic acids is 2. The Balaban J connectivity index is 2.09. The summed E-state index contributed by atoms with van der Waals surface area (Å²) < 4.78 is 10.9. The molecule has 0 saturated heterocycles. The van der Waals surface area contributed by atoms with E-state index in [1.807, 2.05) is 37.3 Å². The molecule has 2 aromatic rings. The van der Waals surface area contributed by atoms with Gasteiger partial charge < -0.3 is 14.8 Å². The summed E-state index contributed by atoms with van der Waals surface area (Å²) in [5.74, 6) is 0.503. The van der Waals surface area contributed by atoms with Gasteiger partial charge in [0, 0.05) is 6.07 Å². The Morgan fingerprint density at radius 1 is 1.04 bits per heavy atom. The van der Waals surface area contributed by atoms with Crippen LogP contribution < -0.4 is 14.8 Å². The predicted octanol–water partition coefficient (Wildman–Crippen LogP) is 3.54. The van der Waals surface area contributed by atoms with Crippen LogP contribution >= 0.6 is 0 Å². The van der Waals surface area contributed by atoms with Crippen molar-refractivity contribution in [2.75, 3.05) is 7.11 Å². The molecule has 0 bridgehead atoms. The third-order valence-corrected chi connectivity index (χ3v) is 3.90. The number of benzene rings is 2. The van der Waals surface area contributed by atoms with Crippen molar-refractivity contribution in [3.8, 4) is 11.5 Å². The summed E-state index contributed by atoms with van der Waals surface area (Å²) in [6.07, 6.45) is -0.753. The molecule has 2 aromatic carbocycles. The highest BCUT2D eigenvalue weighted by atomic mass is 16.5. The maximum absolute atomic E-state index is 12.4. The second kappa shape index (κ2) is 8.33. The summed E-state index contributed by atoms with van der Waals surface area (Å²) >= 11 is 0. The van der Waals surface area contributed by atoms with E-state index in [1.165, 1.54) is 14.0 Å². The van der Waals surface area contributed by atoms with Crippen LogP contribution in [-0.4, -0.2) is 24.9 Å². The van der Waals surface area contributed by atoms with E-state index in [0.29, 0.717) is 17.1 Å². The lowest BCUT2D eigenvalue weighted by atomic mass is 10.1. The van der Waals surface area contributed by atoms with Gasteiger partial charge in [0.05, 0.1) is 18.7 Å². The SMILES string of the molecule is COc1ccc(C(C)=O)c(O[C@@H](C)C(=O)N[C@H](C)c2ccccc2)c1. The van der Waals surface area contributed by atoms with Crippen molar-refractivity contribution in [3.63, 3.8) is 0 Å². The summed E-state index contributed by atoms with van der Waals surface area (Å²) in [7, 11) is 1.53. The lowest BCUT2D eigenvalue weighted by Gasteiger charge is -2.20. The lowest BCUT2D eigenvalue weighted by Crippen LogP contribution is -2.38. The first-order valence-corrected chi connectivity index (χ1v) is 8.13. The molecule has 0 heterocycles. The fourth-order valence-electron chi connectivity index (χ4n) is 2.42. The molecule has 2 atom stereocenters. The number of rotatable bonds is 7. The molecule has 1 N–H and O–H groups in total. The molecular formula is C20H23NO4. The minimum atomic E-state index is -0.753. The van der Waals surface area contributed by atoms with Gasteiger partial charge in [0.15, 0.2) is 11.9 Å². The van der Waals surface area contributed by atoms with Gasteiger partial charge >= 0.3 is 0 Å². The van der Waals surface area contributed by atoms with Crippen molar-refractivity contribution >= 4 is 11.7 Å². The minimum absolute atomic E-state index is 0.136. The summed E-state index contributed by atoms with van der Waals surface area (Å²) in [4.78, 5) is 24.2. The first-order chi connectivity index (χ1) is 11.9. The van der Waals surface area contributed by atoms with Crippen molar-refractivity contribution in [1.29, 1.82) is 0 Å². The zero-order chi connectivity index (χ0) is 18.4. The van der Waals surface area contributed by atoms with Crippen molar-refractivity contribution in [3.05, 3.63) is 59.7 Å². The van der Waals surface area contributed by atoms with E-state index in [-0.39, 0.29) is 17.7 Å². The number of hydrogen-bond donors (Lipinski definition) is 1. The molecule has 0 spiro atoms. The molecule has 5 nitrogen and oxygen atoms in total. The van der Waals surface area contributed by atoms with Crippen LogP contribution in [0.1, 0.15) is 42.7 Å². The number of carbonyl (C=O) groups is 2. The van der Waals surface area contributed by atoms with Crippen LogP contribution in [0.4, 0.5) is 0 Å². The molecule has 0 aliphatic carbocycles. The largest absolute Gasteiger partial charge is 0.497 e. The third-order valence-electron chi connectivity index (χ3n) is 3.90. The van der Waals surface area contributed by atoms with E-state index in [0.717, 1.165) is 5.56 Å². The van der Waals surface area contributed by atoms with Crippen LogP contribution in [0.25, 0.3) is 0 Å².